The summed E-state index contributed by atoms with van der Waals surface area (Å²) in [6.07, 6.45) is 2.65. The first-order chi connectivity index (χ1) is 10.6. The molecule has 0 bridgehead atoms. The minimum absolute atomic E-state index is 0.545. The lowest BCUT2D eigenvalue weighted by Gasteiger charge is -2.42. The molecular weight excluding hydrogens is 300 g/mol. The van der Waals surface area contributed by atoms with Gasteiger partial charge in [0.1, 0.15) is 0 Å². The largest absolute Gasteiger partial charge is 0.493 e. The van der Waals surface area contributed by atoms with Crippen LogP contribution in [0.4, 0.5) is 0 Å². The van der Waals surface area contributed by atoms with E-state index in [0.29, 0.717) is 22.9 Å². The van der Waals surface area contributed by atoms with Crippen molar-refractivity contribution in [3.8, 4) is 11.5 Å². The van der Waals surface area contributed by atoms with E-state index in [0.717, 1.165) is 30.9 Å². The predicted octanol–water partition coefficient (Wildman–Crippen LogP) is 3.03. The van der Waals surface area contributed by atoms with Crippen LogP contribution in [0, 0.1) is 0 Å². The molecule has 22 heavy (non-hydrogen) atoms. The quantitative estimate of drug-likeness (QED) is 0.850. The van der Waals surface area contributed by atoms with Crippen LogP contribution in [-0.4, -0.2) is 55.7 Å². The van der Waals surface area contributed by atoms with Crippen molar-refractivity contribution in [3.05, 3.63) is 22.7 Å². The van der Waals surface area contributed by atoms with E-state index in [1.165, 1.54) is 19.4 Å². The van der Waals surface area contributed by atoms with Crippen molar-refractivity contribution in [2.45, 2.75) is 38.4 Å². The molecular formula is C17H25ClN2O2. The van der Waals surface area contributed by atoms with E-state index < -0.39 is 0 Å². The Morgan fingerprint density at radius 1 is 1.23 bits per heavy atom. The molecule has 3 rings (SSSR count). The number of fused-ring (bicyclic) bond motifs is 1. The SMILES string of the molecule is COc1cc(Cl)cc(CN2C[C@H]3CCCN3C[C@@H]2C)c1OC. The van der Waals surface area contributed by atoms with Crippen LogP contribution in [0.1, 0.15) is 25.3 Å². The molecule has 0 saturated carbocycles. The second kappa shape index (κ2) is 6.65. The number of benzene rings is 1. The van der Waals surface area contributed by atoms with Crippen LogP contribution in [0.25, 0.3) is 0 Å². The third-order valence-electron chi connectivity index (χ3n) is 4.96. The summed E-state index contributed by atoms with van der Waals surface area (Å²) in [5.74, 6) is 1.50. The lowest BCUT2D eigenvalue weighted by molar-refractivity contribution is 0.0534. The normalized spacial score (nSPS) is 26.0. The third kappa shape index (κ3) is 3.05. The number of halogens is 1. The molecule has 2 saturated heterocycles. The van der Waals surface area contributed by atoms with Gasteiger partial charge in [-0.1, -0.05) is 11.6 Å². The number of hydrogen-bond donors (Lipinski definition) is 0. The minimum Gasteiger partial charge on any atom is -0.493 e. The lowest BCUT2D eigenvalue weighted by atomic mass is 10.1. The van der Waals surface area contributed by atoms with E-state index in [1.807, 2.05) is 12.1 Å². The first kappa shape index (κ1) is 15.9. The molecule has 0 N–H and O–H groups in total. The second-order valence-electron chi connectivity index (χ2n) is 6.37. The summed E-state index contributed by atoms with van der Waals surface area (Å²) in [5.41, 5.74) is 1.10. The van der Waals surface area contributed by atoms with Crippen molar-refractivity contribution in [1.82, 2.24) is 9.80 Å². The van der Waals surface area contributed by atoms with Crippen molar-refractivity contribution >= 4 is 11.6 Å². The number of hydrogen-bond acceptors (Lipinski definition) is 4. The first-order valence-electron chi connectivity index (χ1n) is 8.01. The molecule has 2 aliphatic rings. The van der Waals surface area contributed by atoms with Crippen molar-refractivity contribution in [2.24, 2.45) is 0 Å². The molecule has 2 aliphatic heterocycles. The molecule has 122 valence electrons. The maximum Gasteiger partial charge on any atom is 0.165 e. The molecule has 5 heteroatoms. The van der Waals surface area contributed by atoms with E-state index in [2.05, 4.69) is 16.7 Å². The lowest BCUT2D eigenvalue weighted by Crippen LogP contribution is -2.54. The second-order valence-corrected chi connectivity index (χ2v) is 6.81. The number of methoxy groups -OCH3 is 2. The summed E-state index contributed by atoms with van der Waals surface area (Å²) in [5, 5.41) is 0.694. The summed E-state index contributed by atoms with van der Waals surface area (Å²) >= 11 is 6.24. The van der Waals surface area contributed by atoms with E-state index >= 15 is 0 Å². The monoisotopic (exact) mass is 324 g/mol. The highest BCUT2D eigenvalue weighted by molar-refractivity contribution is 6.30. The van der Waals surface area contributed by atoms with Crippen LogP contribution >= 0.6 is 11.6 Å². The molecule has 2 atom stereocenters. The fraction of sp³-hybridized carbons (Fsp3) is 0.647. The third-order valence-corrected chi connectivity index (χ3v) is 5.18. The van der Waals surface area contributed by atoms with Crippen LogP contribution in [0.2, 0.25) is 5.02 Å². The summed E-state index contributed by atoms with van der Waals surface area (Å²) in [7, 11) is 3.34. The molecule has 4 nitrogen and oxygen atoms in total. The van der Waals surface area contributed by atoms with Crippen LogP contribution in [0.3, 0.4) is 0 Å². The van der Waals surface area contributed by atoms with Gasteiger partial charge in [-0.05, 0) is 32.4 Å². The van der Waals surface area contributed by atoms with Crippen molar-refractivity contribution < 1.29 is 9.47 Å². The molecule has 1 aromatic carbocycles. The Morgan fingerprint density at radius 2 is 2.05 bits per heavy atom. The molecule has 2 heterocycles. The van der Waals surface area contributed by atoms with Gasteiger partial charge in [-0.25, -0.2) is 0 Å². The van der Waals surface area contributed by atoms with Crippen LogP contribution < -0.4 is 9.47 Å². The van der Waals surface area contributed by atoms with Gasteiger partial charge in [0.15, 0.2) is 11.5 Å². The van der Waals surface area contributed by atoms with Crippen molar-refractivity contribution in [3.63, 3.8) is 0 Å². The van der Waals surface area contributed by atoms with Crippen molar-refractivity contribution in [1.29, 1.82) is 0 Å². The summed E-state index contributed by atoms with van der Waals surface area (Å²) in [6, 6.07) is 5.06. The van der Waals surface area contributed by atoms with E-state index in [-0.39, 0.29) is 0 Å². The fourth-order valence-electron chi connectivity index (χ4n) is 3.81. The van der Waals surface area contributed by atoms with Gasteiger partial charge in [0.05, 0.1) is 14.2 Å². The molecule has 2 fully saturated rings. The molecule has 0 radical (unpaired) electrons. The Morgan fingerprint density at radius 3 is 2.77 bits per heavy atom. The van der Waals surface area contributed by atoms with Gasteiger partial charge in [-0.3, -0.25) is 9.80 Å². The van der Waals surface area contributed by atoms with E-state index in [9.17, 15) is 0 Å². The highest BCUT2D eigenvalue weighted by atomic mass is 35.5. The average molecular weight is 325 g/mol. The Hall–Kier alpha value is -0.970. The van der Waals surface area contributed by atoms with Gasteiger partial charge < -0.3 is 9.47 Å². The molecule has 1 aromatic rings. The Bertz CT molecular complexity index is 538. The predicted molar refractivity (Wildman–Crippen MR) is 89.0 cm³/mol. The van der Waals surface area contributed by atoms with Gasteiger partial charge in [0.25, 0.3) is 0 Å². The highest BCUT2D eigenvalue weighted by Gasteiger charge is 2.34. The van der Waals surface area contributed by atoms with Gasteiger partial charge in [-0.15, -0.1) is 0 Å². The van der Waals surface area contributed by atoms with E-state index in [4.69, 9.17) is 21.1 Å². The number of rotatable bonds is 4. The zero-order valence-electron chi connectivity index (χ0n) is 13.6. The van der Waals surface area contributed by atoms with Gasteiger partial charge in [0.2, 0.25) is 0 Å². The van der Waals surface area contributed by atoms with Crippen molar-refractivity contribution in [2.75, 3.05) is 33.9 Å². The van der Waals surface area contributed by atoms with E-state index in [1.54, 1.807) is 14.2 Å². The van der Waals surface area contributed by atoms with Gasteiger partial charge >= 0.3 is 0 Å². The molecule has 0 unspecified atom stereocenters. The standard InChI is InChI=1S/C17H25ClN2O2/c1-12-9-19-6-4-5-15(19)11-20(12)10-13-7-14(18)8-16(21-2)17(13)22-3/h7-8,12,15H,4-6,9-11H2,1-3H3/t12-,15+/m0/s1. The number of nitrogens with zero attached hydrogens (tertiary/aromatic N) is 2. The van der Waals surface area contributed by atoms with Gasteiger partial charge in [-0.2, -0.15) is 0 Å². The maximum atomic E-state index is 6.24. The Kier molecular flexibility index (Phi) is 4.81. The van der Waals surface area contributed by atoms with Gasteiger partial charge in [0, 0.05) is 48.4 Å². The summed E-state index contributed by atoms with van der Waals surface area (Å²) < 4.78 is 11.0. The van der Waals surface area contributed by atoms with Crippen LogP contribution in [-0.2, 0) is 6.54 Å². The number of ether oxygens (including phenoxy) is 2. The summed E-state index contributed by atoms with van der Waals surface area (Å²) in [6.45, 7) is 6.70. The van der Waals surface area contributed by atoms with Crippen LogP contribution in [0.15, 0.2) is 12.1 Å². The molecule has 0 amide bonds. The number of piperazine rings is 1. The van der Waals surface area contributed by atoms with Crippen LogP contribution in [0.5, 0.6) is 11.5 Å². The topological polar surface area (TPSA) is 24.9 Å². The Labute approximate surface area is 137 Å². The summed E-state index contributed by atoms with van der Waals surface area (Å²) in [4.78, 5) is 5.18. The zero-order valence-corrected chi connectivity index (χ0v) is 14.4. The minimum atomic E-state index is 0.545. The molecule has 0 aromatic heterocycles. The fourth-order valence-corrected chi connectivity index (χ4v) is 4.04. The first-order valence-corrected chi connectivity index (χ1v) is 8.38. The Balaban J connectivity index is 1.81. The molecule has 0 aliphatic carbocycles. The zero-order chi connectivity index (χ0) is 15.7. The highest BCUT2D eigenvalue weighted by Crippen LogP contribution is 2.36. The maximum absolute atomic E-state index is 6.24. The smallest absolute Gasteiger partial charge is 0.165 e. The average Bonchev–Trinajstić information content (AvgIpc) is 2.94. The molecule has 0 spiro atoms.